The molecule has 0 aliphatic heterocycles. The van der Waals surface area contributed by atoms with Crippen LogP contribution in [-0.4, -0.2) is 13.7 Å². The minimum atomic E-state index is 0.181. The highest BCUT2D eigenvalue weighted by Crippen LogP contribution is 2.35. The molecule has 0 aliphatic rings. The van der Waals surface area contributed by atoms with Gasteiger partial charge in [0.05, 0.1) is 17.1 Å². The average molecular weight is 419 g/mol. The molecule has 2 aromatic rings. The van der Waals surface area contributed by atoms with Crippen LogP contribution in [0.25, 0.3) is 0 Å². The molecule has 1 aromatic heterocycles. The lowest BCUT2D eigenvalue weighted by molar-refractivity contribution is 0.315. The van der Waals surface area contributed by atoms with Gasteiger partial charge in [0.15, 0.2) is 0 Å². The summed E-state index contributed by atoms with van der Waals surface area (Å²) >= 11 is 8.95. The lowest BCUT2D eigenvalue weighted by atomic mass is 10.1. The summed E-state index contributed by atoms with van der Waals surface area (Å²) in [5.74, 6) is 0.899. The molecule has 5 heteroatoms. The highest BCUT2D eigenvalue weighted by Gasteiger charge is 2.17. The number of hydrogen-bond acceptors (Lipinski definition) is 3. The van der Waals surface area contributed by atoms with Gasteiger partial charge in [0.1, 0.15) is 5.75 Å². The van der Waals surface area contributed by atoms with Gasteiger partial charge in [-0.15, -0.1) is 11.3 Å². The Kier molecular flexibility index (Phi) is 6.08. The van der Waals surface area contributed by atoms with E-state index in [0.29, 0.717) is 0 Å². The summed E-state index contributed by atoms with van der Waals surface area (Å²) in [4.78, 5) is 1.28. The van der Waals surface area contributed by atoms with Crippen LogP contribution >= 0.6 is 43.2 Å². The molecule has 0 aliphatic carbocycles. The maximum Gasteiger partial charge on any atom is 0.133 e. The van der Waals surface area contributed by atoms with E-state index in [4.69, 9.17) is 4.74 Å². The van der Waals surface area contributed by atoms with Crippen LogP contribution in [0.3, 0.4) is 0 Å². The first kappa shape index (κ1) is 16.0. The van der Waals surface area contributed by atoms with Crippen molar-refractivity contribution in [3.8, 4) is 5.75 Å². The zero-order valence-corrected chi connectivity index (χ0v) is 15.4. The summed E-state index contributed by atoms with van der Waals surface area (Å²) in [6, 6.07) is 8.53. The fraction of sp³-hybridized carbons (Fsp3) is 0.333. The van der Waals surface area contributed by atoms with Gasteiger partial charge in [-0.05, 0) is 74.5 Å². The fourth-order valence-corrected chi connectivity index (χ4v) is 4.24. The molecule has 0 radical (unpaired) electrons. The van der Waals surface area contributed by atoms with Crippen LogP contribution in [0, 0.1) is 0 Å². The van der Waals surface area contributed by atoms with E-state index >= 15 is 0 Å². The SMILES string of the molecule is CCCOc1ccc(C(NC)c2sccc2Br)cc1Br. The highest BCUT2D eigenvalue weighted by molar-refractivity contribution is 9.10. The summed E-state index contributed by atoms with van der Waals surface area (Å²) in [6.07, 6.45) is 1.01. The van der Waals surface area contributed by atoms with Gasteiger partial charge in [0.25, 0.3) is 0 Å². The number of hydrogen-bond donors (Lipinski definition) is 1. The van der Waals surface area contributed by atoms with Crippen molar-refractivity contribution < 1.29 is 4.74 Å². The minimum absolute atomic E-state index is 0.181. The van der Waals surface area contributed by atoms with Crippen molar-refractivity contribution in [2.24, 2.45) is 0 Å². The largest absolute Gasteiger partial charge is 0.492 e. The summed E-state index contributed by atoms with van der Waals surface area (Å²) in [7, 11) is 1.98. The number of thiophene rings is 1. The monoisotopic (exact) mass is 417 g/mol. The summed E-state index contributed by atoms with van der Waals surface area (Å²) in [6.45, 7) is 2.84. The average Bonchev–Trinajstić information content (AvgIpc) is 2.85. The van der Waals surface area contributed by atoms with Crippen molar-refractivity contribution in [3.63, 3.8) is 0 Å². The van der Waals surface area contributed by atoms with Crippen LogP contribution in [0.15, 0.2) is 38.6 Å². The second-order valence-corrected chi connectivity index (χ2v) is 7.05. The lowest BCUT2D eigenvalue weighted by Crippen LogP contribution is -2.16. The van der Waals surface area contributed by atoms with Gasteiger partial charge in [-0.3, -0.25) is 0 Å². The van der Waals surface area contributed by atoms with Crippen molar-refractivity contribution in [3.05, 3.63) is 49.0 Å². The molecular weight excluding hydrogens is 402 g/mol. The Morgan fingerprint density at radius 1 is 1.25 bits per heavy atom. The standard InChI is InChI=1S/C15H17Br2NOS/c1-3-7-19-13-5-4-10(9-12(13)17)14(18-2)15-11(16)6-8-20-15/h4-6,8-9,14,18H,3,7H2,1-2H3. The Balaban J connectivity index is 2.27. The third kappa shape index (κ3) is 3.64. The van der Waals surface area contributed by atoms with Crippen molar-refractivity contribution >= 4 is 43.2 Å². The van der Waals surface area contributed by atoms with Crippen LogP contribution in [0.5, 0.6) is 5.75 Å². The quantitative estimate of drug-likeness (QED) is 0.680. The second-order valence-electron chi connectivity index (χ2n) is 4.39. The van der Waals surface area contributed by atoms with Gasteiger partial charge in [-0.2, -0.15) is 0 Å². The van der Waals surface area contributed by atoms with Gasteiger partial charge in [-0.1, -0.05) is 13.0 Å². The van der Waals surface area contributed by atoms with Gasteiger partial charge in [0.2, 0.25) is 0 Å². The van der Waals surface area contributed by atoms with E-state index in [-0.39, 0.29) is 6.04 Å². The molecule has 1 aromatic carbocycles. The Morgan fingerprint density at radius 2 is 2.05 bits per heavy atom. The van der Waals surface area contributed by atoms with Gasteiger partial charge in [-0.25, -0.2) is 0 Å². The first-order chi connectivity index (χ1) is 9.67. The lowest BCUT2D eigenvalue weighted by Gasteiger charge is -2.17. The first-order valence-corrected chi connectivity index (χ1v) is 8.96. The van der Waals surface area contributed by atoms with Gasteiger partial charge >= 0.3 is 0 Å². The Morgan fingerprint density at radius 3 is 2.60 bits per heavy atom. The second kappa shape index (κ2) is 7.59. The molecule has 0 saturated carbocycles. The zero-order chi connectivity index (χ0) is 14.5. The maximum atomic E-state index is 5.69. The van der Waals surface area contributed by atoms with Crippen LogP contribution in [0.4, 0.5) is 0 Å². The van der Waals surface area contributed by atoms with E-state index in [1.54, 1.807) is 11.3 Å². The third-order valence-electron chi connectivity index (χ3n) is 2.95. The molecule has 0 bridgehead atoms. The summed E-state index contributed by atoms with van der Waals surface area (Å²) in [5.41, 5.74) is 1.21. The van der Waals surface area contributed by atoms with E-state index in [9.17, 15) is 0 Å². The maximum absolute atomic E-state index is 5.69. The van der Waals surface area contributed by atoms with E-state index in [0.717, 1.165) is 27.7 Å². The normalized spacial score (nSPS) is 12.4. The summed E-state index contributed by atoms with van der Waals surface area (Å²) in [5, 5.41) is 5.46. The number of ether oxygens (including phenoxy) is 1. The van der Waals surface area contributed by atoms with Crippen molar-refractivity contribution in [1.82, 2.24) is 5.32 Å². The molecule has 1 atom stereocenters. The molecule has 0 fully saturated rings. The van der Waals surface area contributed by atoms with E-state index in [2.05, 4.69) is 67.7 Å². The van der Waals surface area contributed by atoms with Crippen molar-refractivity contribution in [2.45, 2.75) is 19.4 Å². The number of rotatable bonds is 6. The van der Waals surface area contributed by atoms with Gasteiger partial charge < -0.3 is 10.1 Å². The zero-order valence-electron chi connectivity index (χ0n) is 11.5. The van der Waals surface area contributed by atoms with Crippen LogP contribution in [-0.2, 0) is 0 Å². The van der Waals surface area contributed by atoms with E-state index in [1.165, 1.54) is 10.4 Å². The fourth-order valence-electron chi connectivity index (χ4n) is 1.99. The first-order valence-electron chi connectivity index (χ1n) is 6.49. The molecule has 20 heavy (non-hydrogen) atoms. The molecule has 108 valence electrons. The Bertz CT molecular complexity index is 571. The summed E-state index contributed by atoms with van der Waals surface area (Å²) < 4.78 is 7.83. The molecule has 1 unspecified atom stereocenters. The van der Waals surface area contributed by atoms with Gasteiger partial charge in [0, 0.05) is 9.35 Å². The number of nitrogens with one attached hydrogen (secondary N) is 1. The van der Waals surface area contributed by atoms with Crippen LogP contribution < -0.4 is 10.1 Å². The minimum Gasteiger partial charge on any atom is -0.492 e. The smallest absolute Gasteiger partial charge is 0.133 e. The molecule has 2 rings (SSSR count). The molecule has 0 spiro atoms. The Labute approximate surface area is 140 Å². The molecule has 2 nitrogen and oxygen atoms in total. The van der Waals surface area contributed by atoms with E-state index < -0.39 is 0 Å². The highest BCUT2D eigenvalue weighted by atomic mass is 79.9. The van der Waals surface area contributed by atoms with Crippen LogP contribution in [0.1, 0.15) is 29.8 Å². The topological polar surface area (TPSA) is 21.3 Å². The van der Waals surface area contributed by atoms with Crippen molar-refractivity contribution in [1.29, 1.82) is 0 Å². The molecule has 0 amide bonds. The predicted octanol–water partition coefficient (Wildman–Crippen LogP) is 5.37. The van der Waals surface area contributed by atoms with Crippen molar-refractivity contribution in [2.75, 3.05) is 13.7 Å². The number of benzene rings is 1. The molecule has 0 saturated heterocycles. The van der Waals surface area contributed by atoms with E-state index in [1.807, 2.05) is 13.1 Å². The number of halogens is 2. The molecular formula is C15H17Br2NOS. The predicted molar refractivity (Wildman–Crippen MR) is 92.8 cm³/mol. The molecule has 1 heterocycles. The Hall–Kier alpha value is -0.360. The molecule has 1 N–H and O–H groups in total. The van der Waals surface area contributed by atoms with Crippen LogP contribution in [0.2, 0.25) is 0 Å². The third-order valence-corrected chi connectivity index (χ3v) is 5.50.